The molecule has 5 heteroatoms. The minimum Gasteiger partial charge on any atom is -0.481 e. The highest BCUT2D eigenvalue weighted by Gasteiger charge is 2.43. The van der Waals surface area contributed by atoms with Crippen LogP contribution in [0.25, 0.3) is 0 Å². The van der Waals surface area contributed by atoms with Crippen molar-refractivity contribution in [3.8, 4) is 0 Å². The molecule has 1 N–H and O–H groups in total. The maximum absolute atomic E-state index is 11.9. The zero-order valence-electron chi connectivity index (χ0n) is 19.3. The Kier molecular flexibility index (Phi) is 8.48. The summed E-state index contributed by atoms with van der Waals surface area (Å²) in [5.41, 5.74) is 0.915. The van der Waals surface area contributed by atoms with Crippen LogP contribution in [-0.4, -0.2) is 33.5 Å². The highest BCUT2D eigenvalue weighted by molar-refractivity contribution is 6.87. The van der Waals surface area contributed by atoms with E-state index >= 15 is 0 Å². The third-order valence-electron chi connectivity index (χ3n) is 6.27. The zero-order valence-corrected chi connectivity index (χ0v) is 21.3. The Morgan fingerprint density at radius 1 is 1.14 bits per heavy atom. The molecular formula is C23H40O3Si2. The van der Waals surface area contributed by atoms with Crippen LogP contribution in [0.2, 0.25) is 36.8 Å². The van der Waals surface area contributed by atoms with Crippen LogP contribution >= 0.6 is 0 Å². The number of carboxylic acids is 1. The minimum absolute atomic E-state index is 0.0347. The molecule has 1 aromatic rings. The molecule has 0 heterocycles. The smallest absolute Gasteiger partial charge is 0.304 e. The van der Waals surface area contributed by atoms with Gasteiger partial charge in [0.2, 0.25) is 0 Å². The van der Waals surface area contributed by atoms with E-state index in [-0.39, 0.29) is 16.5 Å². The van der Waals surface area contributed by atoms with E-state index in [2.05, 4.69) is 79.0 Å². The summed E-state index contributed by atoms with van der Waals surface area (Å²) in [4.78, 5) is 11.9. The Labute approximate surface area is 174 Å². The van der Waals surface area contributed by atoms with Crippen molar-refractivity contribution in [2.24, 2.45) is 5.92 Å². The normalized spacial score (nSPS) is 17.7. The Balaban J connectivity index is 3.07. The number of rotatable bonds is 9. The van der Waals surface area contributed by atoms with Crippen LogP contribution in [0.3, 0.4) is 0 Å². The first-order valence-corrected chi connectivity index (χ1v) is 16.5. The molecule has 0 unspecified atom stereocenters. The zero-order chi connectivity index (χ0) is 21.8. The average molecular weight is 421 g/mol. The number of hydrogen-bond acceptors (Lipinski definition) is 2. The summed E-state index contributed by atoms with van der Waals surface area (Å²) >= 11 is 0. The van der Waals surface area contributed by atoms with E-state index in [9.17, 15) is 9.90 Å². The summed E-state index contributed by atoms with van der Waals surface area (Å²) in [6.45, 7) is 20.6. The van der Waals surface area contributed by atoms with Crippen LogP contribution in [0.5, 0.6) is 0 Å². The fourth-order valence-corrected chi connectivity index (χ4v) is 9.33. The molecule has 0 saturated heterocycles. The van der Waals surface area contributed by atoms with Gasteiger partial charge in [-0.25, -0.2) is 0 Å². The molecule has 0 fully saturated rings. The van der Waals surface area contributed by atoms with Crippen LogP contribution in [0.4, 0.5) is 0 Å². The molecule has 0 bridgehead atoms. The van der Waals surface area contributed by atoms with E-state index in [4.69, 9.17) is 4.74 Å². The standard InChI is InChI=1S/C23H40O3Si2/c1-18(21(22(24)25)27(6,7)8)15-19(2)28(9,23(3,4)5)17-26-16-20-13-11-10-12-14-20/h10-15,18,21H,16-17H2,1-9H3,(H,24,25)/b19-15+/t18-,21+,28-/m0/s1. The van der Waals surface area contributed by atoms with Gasteiger partial charge in [0.15, 0.2) is 0 Å². The first-order valence-electron chi connectivity index (χ1n) is 10.2. The van der Waals surface area contributed by atoms with Crippen molar-refractivity contribution in [1.29, 1.82) is 0 Å². The molecule has 28 heavy (non-hydrogen) atoms. The maximum atomic E-state index is 11.9. The van der Waals surface area contributed by atoms with Gasteiger partial charge in [0.25, 0.3) is 0 Å². The van der Waals surface area contributed by atoms with Crippen LogP contribution in [0, 0.1) is 5.92 Å². The van der Waals surface area contributed by atoms with Crippen molar-refractivity contribution in [3.05, 3.63) is 47.2 Å². The molecule has 0 aliphatic heterocycles. The average Bonchev–Trinajstić information content (AvgIpc) is 2.52. The van der Waals surface area contributed by atoms with E-state index in [1.807, 2.05) is 18.2 Å². The van der Waals surface area contributed by atoms with Gasteiger partial charge in [-0.2, -0.15) is 0 Å². The predicted molar refractivity (Wildman–Crippen MR) is 125 cm³/mol. The number of aliphatic carboxylic acids is 1. The van der Waals surface area contributed by atoms with Gasteiger partial charge in [0.05, 0.1) is 20.2 Å². The molecule has 0 spiro atoms. The summed E-state index contributed by atoms with van der Waals surface area (Å²) in [5.74, 6) is -0.623. The lowest BCUT2D eigenvalue weighted by Crippen LogP contribution is -2.48. The molecule has 0 aromatic heterocycles. The van der Waals surface area contributed by atoms with Gasteiger partial charge < -0.3 is 9.84 Å². The van der Waals surface area contributed by atoms with Gasteiger partial charge in [-0.3, -0.25) is 4.79 Å². The second-order valence-electron chi connectivity index (χ2n) is 10.5. The molecular weight excluding hydrogens is 380 g/mol. The highest BCUT2D eigenvalue weighted by atomic mass is 28.3. The third-order valence-corrected chi connectivity index (χ3v) is 14.9. The summed E-state index contributed by atoms with van der Waals surface area (Å²) in [7, 11) is -3.76. The second-order valence-corrected chi connectivity index (χ2v) is 21.0. The lowest BCUT2D eigenvalue weighted by molar-refractivity contribution is -0.137. The van der Waals surface area contributed by atoms with Crippen molar-refractivity contribution >= 4 is 22.1 Å². The molecule has 1 rings (SSSR count). The Hall–Kier alpha value is -1.18. The van der Waals surface area contributed by atoms with E-state index in [1.165, 1.54) is 10.8 Å². The van der Waals surface area contributed by atoms with Gasteiger partial charge in [-0.05, 0) is 23.4 Å². The lowest BCUT2D eigenvalue weighted by Gasteiger charge is -2.41. The lowest BCUT2D eigenvalue weighted by atomic mass is 10.1. The van der Waals surface area contributed by atoms with Crippen molar-refractivity contribution < 1.29 is 14.6 Å². The monoisotopic (exact) mass is 420 g/mol. The molecule has 0 amide bonds. The van der Waals surface area contributed by atoms with Crippen molar-refractivity contribution in [2.75, 3.05) is 6.23 Å². The van der Waals surface area contributed by atoms with Crippen molar-refractivity contribution in [2.45, 2.75) is 78.0 Å². The van der Waals surface area contributed by atoms with Gasteiger partial charge >= 0.3 is 5.97 Å². The summed E-state index contributed by atoms with van der Waals surface area (Å²) < 4.78 is 6.20. The van der Waals surface area contributed by atoms with Crippen molar-refractivity contribution in [1.82, 2.24) is 0 Å². The quantitative estimate of drug-likeness (QED) is 0.462. The summed E-state index contributed by atoms with van der Waals surface area (Å²) in [5, 5.41) is 11.3. The summed E-state index contributed by atoms with van der Waals surface area (Å²) in [6, 6.07) is 10.3. The molecule has 0 saturated carbocycles. The predicted octanol–water partition coefficient (Wildman–Crippen LogP) is 6.54. The molecule has 0 aliphatic rings. The van der Waals surface area contributed by atoms with Gasteiger partial charge in [0.1, 0.15) is 8.07 Å². The first-order chi connectivity index (χ1) is 12.7. The molecule has 3 atom stereocenters. The van der Waals surface area contributed by atoms with E-state index in [0.717, 1.165) is 6.23 Å². The van der Waals surface area contributed by atoms with Gasteiger partial charge in [0, 0.05) is 6.23 Å². The number of carbonyl (C=O) groups is 1. The van der Waals surface area contributed by atoms with E-state index in [1.54, 1.807) is 0 Å². The fourth-order valence-electron chi connectivity index (χ4n) is 3.93. The van der Waals surface area contributed by atoms with Crippen LogP contribution in [0.15, 0.2) is 41.6 Å². The summed E-state index contributed by atoms with van der Waals surface area (Å²) in [6.07, 6.45) is 2.99. The number of carboxylic acid groups (broad SMARTS) is 1. The van der Waals surface area contributed by atoms with Crippen LogP contribution < -0.4 is 0 Å². The number of hydrogen-bond donors (Lipinski definition) is 1. The van der Waals surface area contributed by atoms with Gasteiger partial charge in [-0.1, -0.05) is 95.5 Å². The fraction of sp³-hybridized carbons (Fsp3) is 0.609. The largest absolute Gasteiger partial charge is 0.481 e. The molecule has 158 valence electrons. The van der Waals surface area contributed by atoms with Crippen LogP contribution in [0.1, 0.15) is 40.2 Å². The number of benzene rings is 1. The van der Waals surface area contributed by atoms with E-state index in [0.29, 0.717) is 6.61 Å². The highest BCUT2D eigenvalue weighted by Crippen LogP contribution is 2.42. The molecule has 0 aliphatic carbocycles. The molecule has 1 aromatic carbocycles. The van der Waals surface area contributed by atoms with Crippen LogP contribution in [-0.2, 0) is 16.1 Å². The minimum atomic E-state index is -1.95. The van der Waals surface area contributed by atoms with E-state index < -0.39 is 22.1 Å². The third kappa shape index (κ3) is 6.43. The molecule has 3 nitrogen and oxygen atoms in total. The first kappa shape index (κ1) is 24.9. The Bertz CT molecular complexity index is 671. The topological polar surface area (TPSA) is 46.5 Å². The molecule has 0 radical (unpaired) electrons. The SMILES string of the molecule is C/C(=C\[C@H](C)[C@H](C(=O)O)[Si](C)(C)C)[Si@](C)(COCc1ccccc1)C(C)(C)C. The Morgan fingerprint density at radius 2 is 1.68 bits per heavy atom. The maximum Gasteiger partial charge on any atom is 0.304 e. The van der Waals surface area contributed by atoms with Crippen molar-refractivity contribution in [3.63, 3.8) is 0 Å². The second kappa shape index (κ2) is 9.55. The van der Waals surface area contributed by atoms with Gasteiger partial charge in [-0.15, -0.1) is 0 Å². The number of ether oxygens (including phenoxy) is 1. The number of allylic oxidation sites excluding steroid dienone is 2. The Morgan fingerprint density at radius 3 is 2.11 bits per heavy atom.